The molecular formula is C13H15BrN4O2. The van der Waals surface area contributed by atoms with Gasteiger partial charge in [-0.1, -0.05) is 0 Å². The zero-order chi connectivity index (χ0) is 14.4. The molecule has 2 rings (SSSR count). The second-order valence-electron chi connectivity index (χ2n) is 4.12. The number of hydrogen-bond acceptors (Lipinski definition) is 5. The molecule has 2 N–H and O–H groups in total. The number of nitrogens with zero attached hydrogens (tertiary/aromatic N) is 2. The second-order valence-corrected chi connectivity index (χ2v) is 5.03. The monoisotopic (exact) mass is 338 g/mol. The summed E-state index contributed by atoms with van der Waals surface area (Å²) in [5.74, 6) is 0.466. The van der Waals surface area contributed by atoms with E-state index in [4.69, 9.17) is 4.74 Å². The highest BCUT2D eigenvalue weighted by Gasteiger charge is 2.05. The second kappa shape index (κ2) is 7.28. The van der Waals surface area contributed by atoms with Crippen LogP contribution in [0.3, 0.4) is 0 Å². The van der Waals surface area contributed by atoms with Crippen LogP contribution in [0, 0.1) is 0 Å². The fraction of sp³-hybridized carbons (Fsp3) is 0.308. The number of rotatable bonds is 6. The lowest BCUT2D eigenvalue weighted by Gasteiger charge is -2.05. The Balaban J connectivity index is 2.16. The minimum atomic E-state index is -0.191. The van der Waals surface area contributed by atoms with E-state index < -0.39 is 0 Å². The van der Waals surface area contributed by atoms with Crippen LogP contribution in [0.15, 0.2) is 33.7 Å². The highest BCUT2D eigenvalue weighted by Crippen LogP contribution is 2.14. The number of ether oxygens (including phenoxy) is 1. The van der Waals surface area contributed by atoms with Crippen molar-refractivity contribution in [3.05, 3.63) is 44.9 Å². The molecule has 7 heteroatoms. The van der Waals surface area contributed by atoms with Crippen LogP contribution in [0.4, 0.5) is 0 Å². The van der Waals surface area contributed by atoms with Crippen LogP contribution in [-0.2, 0) is 11.3 Å². The maximum absolute atomic E-state index is 11.7. The van der Waals surface area contributed by atoms with Crippen molar-refractivity contribution in [2.24, 2.45) is 0 Å². The molecule has 0 unspecified atom stereocenters. The average molecular weight is 339 g/mol. The molecule has 0 fully saturated rings. The molecule has 2 aromatic heterocycles. The molecule has 0 aliphatic rings. The summed E-state index contributed by atoms with van der Waals surface area (Å²) in [5.41, 5.74) is 1.11. The van der Waals surface area contributed by atoms with Gasteiger partial charge in [0.25, 0.3) is 5.56 Å². The Bertz CT molecular complexity index is 613. The fourth-order valence-corrected chi connectivity index (χ4v) is 1.86. The molecule has 0 radical (unpaired) electrons. The summed E-state index contributed by atoms with van der Waals surface area (Å²) in [6, 6.07) is 5.12. The number of hydrogen-bond donors (Lipinski definition) is 2. The SMILES string of the molecule is COCCNCc1cc(=O)[nH]c(-c2ccc(Br)cn2)n1. The molecule has 0 atom stereocenters. The molecule has 20 heavy (non-hydrogen) atoms. The van der Waals surface area contributed by atoms with E-state index in [1.54, 1.807) is 19.4 Å². The summed E-state index contributed by atoms with van der Waals surface area (Å²) in [6.07, 6.45) is 1.67. The Morgan fingerprint density at radius 1 is 1.45 bits per heavy atom. The standard InChI is InChI=1S/C13H15BrN4O2/c1-20-5-4-15-8-10-6-12(19)18-13(17-10)11-3-2-9(14)7-16-11/h2-3,6-7,15H,4-5,8H2,1H3,(H,17,18,19). The summed E-state index contributed by atoms with van der Waals surface area (Å²) in [7, 11) is 1.64. The zero-order valence-electron chi connectivity index (χ0n) is 11.0. The third kappa shape index (κ3) is 4.22. The number of methoxy groups -OCH3 is 1. The molecule has 0 amide bonds. The van der Waals surface area contributed by atoms with Crippen molar-refractivity contribution < 1.29 is 4.74 Å². The molecule has 0 aliphatic carbocycles. The first-order chi connectivity index (χ1) is 9.69. The lowest BCUT2D eigenvalue weighted by atomic mass is 10.3. The quantitative estimate of drug-likeness (QED) is 0.777. The Morgan fingerprint density at radius 2 is 2.30 bits per heavy atom. The number of H-pyrrole nitrogens is 1. The van der Waals surface area contributed by atoms with E-state index in [9.17, 15) is 4.79 Å². The van der Waals surface area contributed by atoms with Crippen molar-refractivity contribution in [2.45, 2.75) is 6.54 Å². The minimum Gasteiger partial charge on any atom is -0.383 e. The van der Waals surface area contributed by atoms with Gasteiger partial charge in [0.1, 0.15) is 5.69 Å². The van der Waals surface area contributed by atoms with Gasteiger partial charge in [0.2, 0.25) is 0 Å². The normalized spacial score (nSPS) is 10.7. The summed E-state index contributed by atoms with van der Waals surface area (Å²) in [4.78, 5) is 23.0. The van der Waals surface area contributed by atoms with E-state index in [0.29, 0.717) is 36.9 Å². The predicted octanol–water partition coefficient (Wildman–Crippen LogP) is 1.33. The van der Waals surface area contributed by atoms with Gasteiger partial charge in [-0.3, -0.25) is 9.78 Å². The van der Waals surface area contributed by atoms with E-state index in [1.807, 2.05) is 6.07 Å². The van der Waals surface area contributed by atoms with Crippen molar-refractivity contribution in [1.82, 2.24) is 20.3 Å². The maximum atomic E-state index is 11.7. The van der Waals surface area contributed by atoms with Gasteiger partial charge in [0.15, 0.2) is 5.82 Å². The Morgan fingerprint density at radius 3 is 3.00 bits per heavy atom. The van der Waals surface area contributed by atoms with Crippen molar-refractivity contribution in [3.8, 4) is 11.5 Å². The molecule has 2 heterocycles. The third-order valence-electron chi connectivity index (χ3n) is 2.55. The van der Waals surface area contributed by atoms with Gasteiger partial charge in [-0.2, -0.15) is 0 Å². The number of halogens is 1. The van der Waals surface area contributed by atoms with Crippen LogP contribution in [0.5, 0.6) is 0 Å². The maximum Gasteiger partial charge on any atom is 0.251 e. The number of aromatic amines is 1. The summed E-state index contributed by atoms with van der Waals surface area (Å²) >= 11 is 3.32. The summed E-state index contributed by atoms with van der Waals surface area (Å²) in [6.45, 7) is 1.83. The smallest absolute Gasteiger partial charge is 0.251 e. The van der Waals surface area contributed by atoms with Crippen molar-refractivity contribution in [2.75, 3.05) is 20.3 Å². The summed E-state index contributed by atoms with van der Waals surface area (Å²) in [5, 5.41) is 3.15. The highest BCUT2D eigenvalue weighted by molar-refractivity contribution is 9.10. The fourth-order valence-electron chi connectivity index (χ4n) is 1.63. The zero-order valence-corrected chi connectivity index (χ0v) is 12.6. The van der Waals surface area contributed by atoms with E-state index in [-0.39, 0.29) is 5.56 Å². The molecule has 0 saturated heterocycles. The first-order valence-electron chi connectivity index (χ1n) is 6.11. The van der Waals surface area contributed by atoms with E-state index in [0.717, 1.165) is 4.47 Å². The molecule has 6 nitrogen and oxygen atoms in total. The molecular weight excluding hydrogens is 324 g/mol. The van der Waals surface area contributed by atoms with Crippen LogP contribution >= 0.6 is 15.9 Å². The predicted molar refractivity (Wildman–Crippen MR) is 79.4 cm³/mol. The molecule has 0 spiro atoms. The Hall–Kier alpha value is -1.57. The van der Waals surface area contributed by atoms with Gasteiger partial charge in [0.05, 0.1) is 12.3 Å². The van der Waals surface area contributed by atoms with E-state index in [1.165, 1.54) is 6.07 Å². The molecule has 0 saturated carbocycles. The molecule has 0 aromatic carbocycles. The van der Waals surface area contributed by atoms with Gasteiger partial charge in [-0.15, -0.1) is 0 Å². The lowest BCUT2D eigenvalue weighted by molar-refractivity contribution is 0.199. The van der Waals surface area contributed by atoms with Crippen molar-refractivity contribution in [3.63, 3.8) is 0 Å². The number of aromatic nitrogens is 3. The lowest BCUT2D eigenvalue weighted by Crippen LogP contribution is -2.21. The van der Waals surface area contributed by atoms with E-state index >= 15 is 0 Å². The van der Waals surface area contributed by atoms with Crippen LogP contribution in [0.25, 0.3) is 11.5 Å². The minimum absolute atomic E-state index is 0.191. The highest BCUT2D eigenvalue weighted by atomic mass is 79.9. The number of nitrogens with one attached hydrogen (secondary N) is 2. The van der Waals surface area contributed by atoms with Gasteiger partial charge >= 0.3 is 0 Å². The largest absolute Gasteiger partial charge is 0.383 e. The summed E-state index contributed by atoms with van der Waals surface area (Å²) < 4.78 is 5.82. The number of pyridine rings is 1. The Kier molecular flexibility index (Phi) is 5.40. The van der Waals surface area contributed by atoms with Gasteiger partial charge in [0, 0.05) is 36.9 Å². The van der Waals surface area contributed by atoms with Crippen LogP contribution < -0.4 is 10.9 Å². The average Bonchev–Trinajstić information content (AvgIpc) is 2.44. The van der Waals surface area contributed by atoms with Crippen LogP contribution in [0.1, 0.15) is 5.69 Å². The van der Waals surface area contributed by atoms with Gasteiger partial charge in [-0.05, 0) is 28.1 Å². The molecule has 106 valence electrons. The molecule has 0 bridgehead atoms. The van der Waals surface area contributed by atoms with Gasteiger partial charge in [-0.25, -0.2) is 4.98 Å². The third-order valence-corrected chi connectivity index (χ3v) is 3.02. The van der Waals surface area contributed by atoms with E-state index in [2.05, 4.69) is 36.2 Å². The topological polar surface area (TPSA) is 79.9 Å². The molecule has 2 aromatic rings. The van der Waals surface area contributed by atoms with Crippen molar-refractivity contribution in [1.29, 1.82) is 0 Å². The van der Waals surface area contributed by atoms with Crippen LogP contribution in [-0.4, -0.2) is 35.2 Å². The first kappa shape index (κ1) is 14.8. The Labute approximate surface area is 124 Å². The molecule has 0 aliphatic heterocycles. The first-order valence-corrected chi connectivity index (χ1v) is 6.90. The van der Waals surface area contributed by atoms with Crippen LogP contribution in [0.2, 0.25) is 0 Å². The van der Waals surface area contributed by atoms with Crippen molar-refractivity contribution >= 4 is 15.9 Å². The van der Waals surface area contributed by atoms with Gasteiger partial charge < -0.3 is 15.0 Å².